The van der Waals surface area contributed by atoms with Crippen LogP contribution in [0.25, 0.3) is 0 Å². The van der Waals surface area contributed by atoms with Gasteiger partial charge in [0.2, 0.25) is 0 Å². The third kappa shape index (κ3) is 13.2. The minimum absolute atomic E-state index is 0.175. The quantitative estimate of drug-likeness (QED) is 0.249. The predicted octanol–water partition coefficient (Wildman–Crippen LogP) is 6.40. The Labute approximate surface area is 182 Å². The number of unbranched alkanes of at least 4 members (excludes halogenated alkanes) is 8. The second kappa shape index (κ2) is 16.7. The van der Waals surface area contributed by atoms with E-state index in [0.29, 0.717) is 13.0 Å². The summed E-state index contributed by atoms with van der Waals surface area (Å²) >= 11 is 0. The number of alkyl carbamates (subject to hydrolysis) is 1. The molecule has 0 saturated carbocycles. The Morgan fingerprint density at radius 3 is 2.07 bits per heavy atom. The second-order valence-corrected chi connectivity index (χ2v) is 8.38. The predicted molar refractivity (Wildman–Crippen MR) is 121 cm³/mol. The van der Waals surface area contributed by atoms with Crippen LogP contribution >= 0.6 is 0 Å². The minimum Gasteiger partial charge on any atom is -0.464 e. The first kappa shape index (κ1) is 26.0. The molecule has 0 spiro atoms. The zero-order valence-corrected chi connectivity index (χ0v) is 19.2. The van der Waals surface area contributed by atoms with Crippen LogP contribution in [0.5, 0.6) is 0 Å². The molecule has 0 radical (unpaired) electrons. The van der Waals surface area contributed by atoms with E-state index in [0.717, 1.165) is 18.4 Å². The van der Waals surface area contributed by atoms with Crippen molar-refractivity contribution in [3.8, 4) is 0 Å². The van der Waals surface area contributed by atoms with E-state index in [1.165, 1.54) is 44.9 Å². The first-order valence-electron chi connectivity index (χ1n) is 11.7. The average molecular weight is 420 g/mol. The largest absolute Gasteiger partial charge is 0.464 e. The van der Waals surface area contributed by atoms with Gasteiger partial charge in [0.15, 0.2) is 0 Å². The van der Waals surface area contributed by atoms with Crippen LogP contribution in [-0.2, 0) is 20.9 Å². The molecular weight excluding hydrogens is 378 g/mol. The Balaban J connectivity index is 2.24. The van der Waals surface area contributed by atoms with Gasteiger partial charge in [0, 0.05) is 0 Å². The molecule has 0 aliphatic heterocycles. The number of rotatable bonds is 16. The van der Waals surface area contributed by atoms with Gasteiger partial charge in [-0.1, -0.05) is 102 Å². The van der Waals surface area contributed by atoms with E-state index in [9.17, 15) is 9.59 Å². The van der Waals surface area contributed by atoms with Gasteiger partial charge < -0.3 is 14.8 Å². The average Bonchev–Trinajstić information content (AvgIpc) is 2.73. The summed E-state index contributed by atoms with van der Waals surface area (Å²) in [4.78, 5) is 24.5. The summed E-state index contributed by atoms with van der Waals surface area (Å²) in [7, 11) is 0. The Kier molecular flexibility index (Phi) is 14.5. The number of carbonyl (C=O) groups excluding carboxylic acids is 2. The van der Waals surface area contributed by atoms with Crippen LogP contribution in [0.3, 0.4) is 0 Å². The van der Waals surface area contributed by atoms with Crippen LogP contribution in [0, 0.1) is 5.92 Å². The summed E-state index contributed by atoms with van der Waals surface area (Å²) in [5.41, 5.74) is 0.904. The van der Waals surface area contributed by atoms with Gasteiger partial charge in [-0.05, 0) is 24.3 Å². The van der Waals surface area contributed by atoms with Gasteiger partial charge in [0.1, 0.15) is 12.6 Å². The highest BCUT2D eigenvalue weighted by Crippen LogP contribution is 2.11. The van der Waals surface area contributed by atoms with Crippen LogP contribution in [0.15, 0.2) is 30.3 Å². The monoisotopic (exact) mass is 419 g/mol. The van der Waals surface area contributed by atoms with Gasteiger partial charge in [0.25, 0.3) is 0 Å². The van der Waals surface area contributed by atoms with Crippen LogP contribution in [0.2, 0.25) is 0 Å². The zero-order chi connectivity index (χ0) is 22.0. The molecule has 1 atom stereocenters. The lowest BCUT2D eigenvalue weighted by Crippen LogP contribution is -2.43. The first-order chi connectivity index (χ1) is 14.5. The van der Waals surface area contributed by atoms with E-state index in [4.69, 9.17) is 9.47 Å². The Morgan fingerprint density at radius 1 is 0.867 bits per heavy atom. The zero-order valence-electron chi connectivity index (χ0n) is 19.2. The first-order valence-corrected chi connectivity index (χ1v) is 11.7. The highest BCUT2D eigenvalue weighted by molar-refractivity contribution is 5.81. The molecule has 170 valence electrons. The summed E-state index contributed by atoms with van der Waals surface area (Å²) in [6.07, 6.45) is 10.9. The minimum atomic E-state index is -0.674. The third-order valence-corrected chi connectivity index (χ3v) is 4.99. The standard InChI is InChI=1S/C25H41NO4/c1-4-5-6-7-8-9-10-11-15-18-29-24(27)23(19-21(2)3)26-25(28)30-20-22-16-13-12-14-17-22/h12-14,16-17,21,23H,4-11,15,18-20H2,1-3H3,(H,26,28). The van der Waals surface area contributed by atoms with Crippen molar-refractivity contribution in [2.24, 2.45) is 5.92 Å². The Bertz CT molecular complexity index is 574. The normalized spacial score (nSPS) is 11.9. The second-order valence-electron chi connectivity index (χ2n) is 8.38. The molecule has 5 heteroatoms. The van der Waals surface area contributed by atoms with Crippen molar-refractivity contribution in [3.63, 3.8) is 0 Å². The van der Waals surface area contributed by atoms with Crippen molar-refractivity contribution in [1.82, 2.24) is 5.32 Å². The number of nitrogens with one attached hydrogen (secondary N) is 1. The fraction of sp³-hybridized carbons (Fsp3) is 0.680. The van der Waals surface area contributed by atoms with Crippen molar-refractivity contribution in [2.45, 2.75) is 97.6 Å². The molecule has 0 saturated heterocycles. The maximum Gasteiger partial charge on any atom is 0.408 e. The maximum atomic E-state index is 12.4. The van der Waals surface area contributed by atoms with Gasteiger partial charge in [-0.2, -0.15) is 0 Å². The highest BCUT2D eigenvalue weighted by Gasteiger charge is 2.24. The smallest absolute Gasteiger partial charge is 0.408 e. The molecule has 0 aromatic heterocycles. The van der Waals surface area contributed by atoms with Crippen LogP contribution in [0.1, 0.15) is 90.5 Å². The van der Waals surface area contributed by atoms with E-state index in [-0.39, 0.29) is 18.5 Å². The van der Waals surface area contributed by atoms with Crippen molar-refractivity contribution in [2.75, 3.05) is 6.61 Å². The van der Waals surface area contributed by atoms with E-state index < -0.39 is 12.1 Å². The molecule has 1 rings (SSSR count). The molecule has 0 heterocycles. The number of esters is 1. The van der Waals surface area contributed by atoms with Gasteiger partial charge >= 0.3 is 12.1 Å². The van der Waals surface area contributed by atoms with Crippen LogP contribution in [-0.4, -0.2) is 24.7 Å². The van der Waals surface area contributed by atoms with Gasteiger partial charge in [-0.25, -0.2) is 9.59 Å². The lowest BCUT2D eigenvalue weighted by atomic mass is 10.0. The molecule has 1 aromatic rings. The molecule has 1 amide bonds. The summed E-state index contributed by atoms with van der Waals surface area (Å²) in [6, 6.07) is 8.79. The topological polar surface area (TPSA) is 64.6 Å². The molecule has 1 aromatic carbocycles. The summed E-state index contributed by atoms with van der Waals surface area (Å²) in [5.74, 6) is -0.121. The summed E-state index contributed by atoms with van der Waals surface area (Å²) < 4.78 is 10.7. The number of amides is 1. The molecule has 1 unspecified atom stereocenters. The third-order valence-electron chi connectivity index (χ3n) is 4.99. The number of benzene rings is 1. The van der Waals surface area contributed by atoms with Crippen molar-refractivity contribution >= 4 is 12.1 Å². The molecule has 30 heavy (non-hydrogen) atoms. The lowest BCUT2D eigenvalue weighted by molar-refractivity contribution is -0.146. The molecular formula is C25H41NO4. The van der Waals surface area contributed by atoms with E-state index in [1.807, 2.05) is 44.2 Å². The molecule has 5 nitrogen and oxygen atoms in total. The van der Waals surface area contributed by atoms with E-state index in [1.54, 1.807) is 0 Å². The van der Waals surface area contributed by atoms with Crippen molar-refractivity contribution < 1.29 is 19.1 Å². The number of ether oxygens (including phenoxy) is 2. The molecule has 0 aliphatic rings. The summed E-state index contributed by atoms with van der Waals surface area (Å²) in [5, 5.41) is 2.67. The van der Waals surface area contributed by atoms with Crippen LogP contribution < -0.4 is 5.32 Å². The van der Waals surface area contributed by atoms with Gasteiger partial charge in [-0.15, -0.1) is 0 Å². The van der Waals surface area contributed by atoms with Crippen molar-refractivity contribution in [3.05, 3.63) is 35.9 Å². The maximum absolute atomic E-state index is 12.4. The SMILES string of the molecule is CCCCCCCCCCCOC(=O)C(CC(C)C)NC(=O)OCc1ccccc1. The molecule has 0 aliphatic carbocycles. The molecule has 0 fully saturated rings. The summed E-state index contributed by atoms with van der Waals surface area (Å²) in [6.45, 7) is 6.84. The van der Waals surface area contributed by atoms with Gasteiger partial charge in [-0.3, -0.25) is 0 Å². The fourth-order valence-electron chi connectivity index (χ4n) is 3.28. The van der Waals surface area contributed by atoms with E-state index >= 15 is 0 Å². The molecule has 1 N–H and O–H groups in total. The Hall–Kier alpha value is -2.04. The number of hydrogen-bond acceptors (Lipinski definition) is 4. The fourth-order valence-corrected chi connectivity index (χ4v) is 3.28. The van der Waals surface area contributed by atoms with Crippen LogP contribution in [0.4, 0.5) is 4.79 Å². The van der Waals surface area contributed by atoms with Gasteiger partial charge in [0.05, 0.1) is 6.61 Å². The number of hydrogen-bond donors (Lipinski definition) is 1. The highest BCUT2D eigenvalue weighted by atomic mass is 16.6. The Morgan fingerprint density at radius 2 is 1.47 bits per heavy atom. The molecule has 0 bridgehead atoms. The van der Waals surface area contributed by atoms with E-state index in [2.05, 4.69) is 12.2 Å². The number of carbonyl (C=O) groups is 2. The van der Waals surface area contributed by atoms with Crippen molar-refractivity contribution in [1.29, 1.82) is 0 Å². The lowest BCUT2D eigenvalue weighted by Gasteiger charge is -2.19.